The first kappa shape index (κ1) is 18.7. The quantitative estimate of drug-likeness (QED) is 0.734. The molecule has 8 heteroatoms. The van der Waals surface area contributed by atoms with Crippen LogP contribution in [0.2, 0.25) is 0 Å². The minimum Gasteiger partial charge on any atom is -0.497 e. The Morgan fingerprint density at radius 2 is 1.88 bits per heavy atom. The minimum atomic E-state index is -1.06. The maximum Gasteiger partial charge on any atom is 0.323 e. The van der Waals surface area contributed by atoms with Gasteiger partial charge in [-0.1, -0.05) is 0 Å². The SMILES string of the molecule is COc1cc(CN(CC(=O)O)C(=O)CCc2nccs2)cc(OC)c1. The standard InChI is InChI=1S/C17H20N2O5S/c1-23-13-7-12(8-14(9-13)24-2)10-19(11-17(21)22)16(20)4-3-15-18-5-6-25-15/h5-9H,3-4,10-11H2,1-2H3,(H,21,22). The number of hydrogen-bond acceptors (Lipinski definition) is 6. The lowest BCUT2D eigenvalue weighted by Crippen LogP contribution is -2.35. The van der Waals surface area contributed by atoms with Crippen molar-refractivity contribution in [2.24, 2.45) is 0 Å². The molecule has 25 heavy (non-hydrogen) atoms. The average molecular weight is 364 g/mol. The molecule has 134 valence electrons. The minimum absolute atomic E-state index is 0.163. The number of aromatic nitrogens is 1. The smallest absolute Gasteiger partial charge is 0.323 e. The molecule has 1 amide bonds. The molecule has 1 N–H and O–H groups in total. The predicted octanol–water partition coefficient (Wildman–Crippen LogP) is 2.21. The molecule has 1 aromatic heterocycles. The number of nitrogens with zero attached hydrogens (tertiary/aromatic N) is 2. The van der Waals surface area contributed by atoms with Gasteiger partial charge < -0.3 is 19.5 Å². The van der Waals surface area contributed by atoms with Gasteiger partial charge in [0.2, 0.25) is 5.91 Å². The predicted molar refractivity (Wildman–Crippen MR) is 93.0 cm³/mol. The first-order valence-electron chi connectivity index (χ1n) is 7.61. The van der Waals surface area contributed by atoms with Crippen LogP contribution < -0.4 is 9.47 Å². The van der Waals surface area contributed by atoms with Gasteiger partial charge in [0.05, 0.1) is 19.2 Å². The van der Waals surface area contributed by atoms with Gasteiger partial charge in [0.25, 0.3) is 0 Å². The molecule has 0 fully saturated rings. The monoisotopic (exact) mass is 364 g/mol. The van der Waals surface area contributed by atoms with Gasteiger partial charge in [0.1, 0.15) is 18.0 Å². The highest BCUT2D eigenvalue weighted by Gasteiger charge is 2.18. The van der Waals surface area contributed by atoms with Crippen LogP contribution >= 0.6 is 11.3 Å². The highest BCUT2D eigenvalue weighted by atomic mass is 32.1. The average Bonchev–Trinajstić information content (AvgIpc) is 3.11. The third kappa shape index (κ3) is 5.75. The van der Waals surface area contributed by atoms with E-state index in [-0.39, 0.29) is 25.4 Å². The molecule has 7 nitrogen and oxygen atoms in total. The molecule has 2 aromatic rings. The fourth-order valence-electron chi connectivity index (χ4n) is 2.32. The number of carbonyl (C=O) groups excluding carboxylic acids is 1. The van der Waals surface area contributed by atoms with Crippen molar-refractivity contribution in [2.45, 2.75) is 19.4 Å². The summed E-state index contributed by atoms with van der Waals surface area (Å²) in [7, 11) is 3.07. The number of methoxy groups -OCH3 is 2. The van der Waals surface area contributed by atoms with E-state index in [1.165, 1.54) is 30.5 Å². The van der Waals surface area contributed by atoms with Crippen LogP contribution in [-0.4, -0.2) is 47.6 Å². The molecule has 1 aromatic carbocycles. The van der Waals surface area contributed by atoms with Crippen molar-refractivity contribution in [2.75, 3.05) is 20.8 Å². The van der Waals surface area contributed by atoms with E-state index >= 15 is 0 Å². The van der Waals surface area contributed by atoms with Gasteiger partial charge in [-0.25, -0.2) is 4.98 Å². The van der Waals surface area contributed by atoms with Gasteiger partial charge in [-0.2, -0.15) is 0 Å². The first-order valence-corrected chi connectivity index (χ1v) is 8.49. The van der Waals surface area contributed by atoms with Crippen molar-refractivity contribution in [3.05, 3.63) is 40.3 Å². The van der Waals surface area contributed by atoms with E-state index in [1.807, 2.05) is 5.38 Å². The fourth-order valence-corrected chi connectivity index (χ4v) is 2.94. The number of ether oxygens (including phenoxy) is 2. The van der Waals surface area contributed by atoms with Crippen LogP contribution in [0.4, 0.5) is 0 Å². The zero-order chi connectivity index (χ0) is 18.2. The summed E-state index contributed by atoms with van der Waals surface area (Å²) in [5, 5.41) is 11.8. The second-order valence-corrected chi connectivity index (χ2v) is 6.27. The number of carboxylic acid groups (broad SMARTS) is 1. The number of aliphatic carboxylic acids is 1. The van der Waals surface area contributed by atoms with Crippen LogP contribution in [0.3, 0.4) is 0 Å². The third-order valence-electron chi connectivity index (χ3n) is 3.50. The van der Waals surface area contributed by atoms with Crippen LogP contribution in [0.5, 0.6) is 11.5 Å². The number of hydrogen-bond donors (Lipinski definition) is 1. The van der Waals surface area contributed by atoms with E-state index in [2.05, 4.69) is 4.98 Å². The highest BCUT2D eigenvalue weighted by Crippen LogP contribution is 2.23. The lowest BCUT2D eigenvalue weighted by atomic mass is 10.1. The number of rotatable bonds is 9. The number of aryl methyl sites for hydroxylation is 1. The molecule has 0 aliphatic carbocycles. The summed E-state index contributed by atoms with van der Waals surface area (Å²) in [4.78, 5) is 29.0. The molecule has 0 unspecified atom stereocenters. The Labute approximate surface area is 149 Å². The number of carboxylic acids is 1. The van der Waals surface area contributed by atoms with Crippen molar-refractivity contribution in [3.63, 3.8) is 0 Å². The topological polar surface area (TPSA) is 89.0 Å². The lowest BCUT2D eigenvalue weighted by Gasteiger charge is -2.21. The van der Waals surface area contributed by atoms with Crippen LogP contribution in [-0.2, 0) is 22.6 Å². The molecule has 0 atom stereocenters. The van der Waals surface area contributed by atoms with Gasteiger partial charge in [-0.15, -0.1) is 11.3 Å². The van der Waals surface area contributed by atoms with E-state index in [9.17, 15) is 9.59 Å². The van der Waals surface area contributed by atoms with Crippen LogP contribution in [0.1, 0.15) is 17.0 Å². The maximum atomic E-state index is 12.5. The second kappa shape index (κ2) is 9.03. The normalized spacial score (nSPS) is 10.3. The summed E-state index contributed by atoms with van der Waals surface area (Å²) in [5.41, 5.74) is 0.736. The number of carbonyl (C=O) groups is 2. The number of amides is 1. The molecule has 0 aliphatic heterocycles. The summed E-state index contributed by atoms with van der Waals surface area (Å²) >= 11 is 1.47. The molecule has 0 saturated heterocycles. The van der Waals surface area contributed by atoms with Crippen molar-refractivity contribution in [3.8, 4) is 11.5 Å². The summed E-state index contributed by atoms with van der Waals surface area (Å²) in [6, 6.07) is 5.23. The highest BCUT2D eigenvalue weighted by molar-refractivity contribution is 7.09. The van der Waals surface area contributed by atoms with Gasteiger partial charge in [-0.05, 0) is 17.7 Å². The van der Waals surface area contributed by atoms with Crippen molar-refractivity contribution in [1.29, 1.82) is 0 Å². The summed E-state index contributed by atoms with van der Waals surface area (Å²) in [5.74, 6) is -0.128. The molecular weight excluding hydrogens is 344 g/mol. The van der Waals surface area contributed by atoms with Gasteiger partial charge in [0, 0.05) is 37.0 Å². The molecule has 2 rings (SSSR count). The van der Waals surface area contributed by atoms with Gasteiger partial charge in [0.15, 0.2) is 0 Å². The lowest BCUT2D eigenvalue weighted by molar-refractivity contribution is -0.144. The van der Waals surface area contributed by atoms with Crippen LogP contribution in [0.15, 0.2) is 29.8 Å². The molecule has 0 saturated carbocycles. The third-order valence-corrected chi connectivity index (χ3v) is 4.34. The summed E-state index contributed by atoms with van der Waals surface area (Å²) < 4.78 is 10.4. The molecular formula is C17H20N2O5S. The zero-order valence-electron chi connectivity index (χ0n) is 14.1. The molecule has 0 bridgehead atoms. The fraction of sp³-hybridized carbons (Fsp3) is 0.353. The Balaban J connectivity index is 2.11. The summed E-state index contributed by atoms with van der Waals surface area (Å²) in [6.45, 7) is -0.202. The number of benzene rings is 1. The van der Waals surface area contributed by atoms with E-state index in [4.69, 9.17) is 14.6 Å². The summed E-state index contributed by atoms with van der Waals surface area (Å²) in [6.07, 6.45) is 2.39. The number of thiazole rings is 1. The van der Waals surface area contributed by atoms with E-state index in [1.54, 1.807) is 24.4 Å². The van der Waals surface area contributed by atoms with Crippen LogP contribution in [0, 0.1) is 0 Å². The Morgan fingerprint density at radius 1 is 1.20 bits per heavy atom. The van der Waals surface area contributed by atoms with E-state index in [0.717, 1.165) is 10.6 Å². The van der Waals surface area contributed by atoms with Gasteiger partial charge >= 0.3 is 5.97 Å². The van der Waals surface area contributed by atoms with Gasteiger partial charge in [-0.3, -0.25) is 9.59 Å². The van der Waals surface area contributed by atoms with E-state index in [0.29, 0.717) is 17.9 Å². The Hall–Kier alpha value is -2.61. The zero-order valence-corrected chi connectivity index (χ0v) is 14.9. The largest absolute Gasteiger partial charge is 0.497 e. The van der Waals surface area contributed by atoms with Crippen molar-refractivity contribution in [1.82, 2.24) is 9.88 Å². The van der Waals surface area contributed by atoms with Crippen LogP contribution in [0.25, 0.3) is 0 Å². The van der Waals surface area contributed by atoms with E-state index < -0.39 is 5.97 Å². The Bertz CT molecular complexity index is 696. The van der Waals surface area contributed by atoms with Crippen molar-refractivity contribution < 1.29 is 24.2 Å². The molecule has 0 aliphatic rings. The first-order chi connectivity index (χ1) is 12.0. The Kier molecular flexibility index (Phi) is 6.76. The maximum absolute atomic E-state index is 12.5. The molecule has 0 radical (unpaired) electrons. The Morgan fingerprint density at radius 3 is 2.40 bits per heavy atom. The second-order valence-electron chi connectivity index (χ2n) is 5.29. The molecule has 0 spiro atoms. The molecule has 1 heterocycles. The van der Waals surface area contributed by atoms with Crippen molar-refractivity contribution >= 4 is 23.2 Å².